The quantitative estimate of drug-likeness (QED) is 0.556. The average Bonchev–Trinajstić information content (AvgIpc) is 2.91. The summed E-state index contributed by atoms with van der Waals surface area (Å²) in [5, 5.41) is 15.3. The molecule has 5 heteroatoms. The van der Waals surface area contributed by atoms with Crippen molar-refractivity contribution in [3.05, 3.63) is 76.0 Å². The zero-order chi connectivity index (χ0) is 14.7. The molecular weight excluding hydrogens is 266 g/mol. The van der Waals surface area contributed by atoms with E-state index in [4.69, 9.17) is 0 Å². The Morgan fingerprint density at radius 2 is 1.95 bits per heavy atom. The van der Waals surface area contributed by atoms with Gasteiger partial charge in [-0.15, -0.1) is 0 Å². The van der Waals surface area contributed by atoms with E-state index in [1.807, 2.05) is 30.5 Å². The van der Waals surface area contributed by atoms with Crippen molar-refractivity contribution in [2.45, 2.75) is 13.1 Å². The maximum atomic E-state index is 10.7. The summed E-state index contributed by atoms with van der Waals surface area (Å²) >= 11 is 0. The summed E-state index contributed by atoms with van der Waals surface area (Å²) in [7, 11) is 0. The summed E-state index contributed by atoms with van der Waals surface area (Å²) < 4.78 is 0. The van der Waals surface area contributed by atoms with Crippen LogP contribution in [0.1, 0.15) is 11.1 Å². The number of para-hydroxylation sites is 1. The minimum atomic E-state index is -0.372. The molecule has 0 radical (unpaired) electrons. The number of rotatable bonds is 5. The molecule has 21 heavy (non-hydrogen) atoms. The second-order valence-electron chi connectivity index (χ2n) is 4.89. The number of hydrogen-bond acceptors (Lipinski definition) is 3. The number of aromatic nitrogens is 1. The van der Waals surface area contributed by atoms with E-state index in [-0.39, 0.29) is 10.6 Å². The van der Waals surface area contributed by atoms with E-state index in [0.29, 0.717) is 13.1 Å². The van der Waals surface area contributed by atoms with E-state index in [9.17, 15) is 10.1 Å². The van der Waals surface area contributed by atoms with Gasteiger partial charge < -0.3 is 10.3 Å². The highest BCUT2D eigenvalue weighted by Crippen LogP contribution is 2.18. The lowest BCUT2D eigenvalue weighted by atomic mass is 10.1. The number of nitrogens with one attached hydrogen (secondary N) is 2. The predicted molar refractivity (Wildman–Crippen MR) is 81.9 cm³/mol. The molecule has 0 saturated heterocycles. The third kappa shape index (κ3) is 2.93. The summed E-state index contributed by atoms with van der Waals surface area (Å²) in [4.78, 5) is 13.6. The highest BCUT2D eigenvalue weighted by molar-refractivity contribution is 5.82. The van der Waals surface area contributed by atoms with Crippen molar-refractivity contribution in [3.63, 3.8) is 0 Å². The summed E-state index contributed by atoms with van der Waals surface area (Å²) in [5.74, 6) is 0. The SMILES string of the molecule is O=[N+]([O-])c1cccc(CNCc2c[nH]c3ccccc23)c1. The van der Waals surface area contributed by atoms with Crippen molar-refractivity contribution in [2.24, 2.45) is 0 Å². The normalized spacial score (nSPS) is 10.9. The smallest absolute Gasteiger partial charge is 0.269 e. The van der Waals surface area contributed by atoms with Gasteiger partial charge in [-0.1, -0.05) is 30.3 Å². The molecule has 0 fully saturated rings. The van der Waals surface area contributed by atoms with Crippen LogP contribution in [0.2, 0.25) is 0 Å². The number of fused-ring (bicyclic) bond motifs is 1. The van der Waals surface area contributed by atoms with Crippen LogP contribution in [0.25, 0.3) is 10.9 Å². The van der Waals surface area contributed by atoms with Gasteiger partial charge >= 0.3 is 0 Å². The lowest BCUT2D eigenvalue weighted by Gasteiger charge is -2.04. The largest absolute Gasteiger partial charge is 0.361 e. The first kappa shape index (κ1) is 13.3. The fraction of sp³-hybridized carbons (Fsp3) is 0.125. The van der Waals surface area contributed by atoms with Crippen LogP contribution < -0.4 is 5.32 Å². The number of nitrogens with zero attached hydrogens (tertiary/aromatic N) is 1. The van der Waals surface area contributed by atoms with Gasteiger partial charge in [0.15, 0.2) is 0 Å². The van der Waals surface area contributed by atoms with E-state index in [1.54, 1.807) is 12.1 Å². The van der Waals surface area contributed by atoms with Gasteiger partial charge in [-0.25, -0.2) is 0 Å². The van der Waals surface area contributed by atoms with Gasteiger partial charge in [-0.2, -0.15) is 0 Å². The van der Waals surface area contributed by atoms with Crippen molar-refractivity contribution in [1.82, 2.24) is 10.3 Å². The lowest BCUT2D eigenvalue weighted by Crippen LogP contribution is -2.12. The van der Waals surface area contributed by atoms with Gasteiger partial charge in [0.05, 0.1) is 4.92 Å². The first-order chi connectivity index (χ1) is 10.2. The van der Waals surface area contributed by atoms with E-state index >= 15 is 0 Å². The molecule has 0 unspecified atom stereocenters. The maximum absolute atomic E-state index is 10.7. The molecule has 0 spiro atoms. The molecule has 106 valence electrons. The molecule has 0 atom stereocenters. The molecule has 2 N–H and O–H groups in total. The molecule has 0 aliphatic heterocycles. The van der Waals surface area contributed by atoms with Crippen LogP contribution in [0.5, 0.6) is 0 Å². The van der Waals surface area contributed by atoms with Crippen molar-refractivity contribution >= 4 is 16.6 Å². The Bertz CT molecular complexity index is 780. The molecule has 3 aromatic rings. The Morgan fingerprint density at radius 3 is 2.81 bits per heavy atom. The lowest BCUT2D eigenvalue weighted by molar-refractivity contribution is -0.384. The molecule has 0 saturated carbocycles. The van der Waals surface area contributed by atoms with Gasteiger partial charge in [0.2, 0.25) is 0 Å². The van der Waals surface area contributed by atoms with Crippen molar-refractivity contribution in [1.29, 1.82) is 0 Å². The van der Waals surface area contributed by atoms with E-state index in [0.717, 1.165) is 11.1 Å². The molecule has 3 rings (SSSR count). The first-order valence-electron chi connectivity index (χ1n) is 6.73. The third-order valence-electron chi connectivity index (χ3n) is 3.44. The van der Waals surface area contributed by atoms with Crippen LogP contribution in [-0.2, 0) is 13.1 Å². The monoisotopic (exact) mass is 281 g/mol. The molecule has 2 aromatic carbocycles. The number of aromatic amines is 1. The van der Waals surface area contributed by atoms with Crippen LogP contribution in [0, 0.1) is 10.1 Å². The van der Waals surface area contributed by atoms with Crippen molar-refractivity contribution in [3.8, 4) is 0 Å². The molecule has 0 aliphatic rings. The Morgan fingerprint density at radius 1 is 1.10 bits per heavy atom. The third-order valence-corrected chi connectivity index (χ3v) is 3.44. The van der Waals surface area contributed by atoms with Crippen LogP contribution in [0.15, 0.2) is 54.7 Å². The molecule has 1 aromatic heterocycles. The fourth-order valence-electron chi connectivity index (χ4n) is 2.40. The number of H-pyrrole nitrogens is 1. The van der Waals surface area contributed by atoms with Crippen molar-refractivity contribution < 1.29 is 4.92 Å². The van der Waals surface area contributed by atoms with Crippen molar-refractivity contribution in [2.75, 3.05) is 0 Å². The van der Waals surface area contributed by atoms with Crippen LogP contribution >= 0.6 is 0 Å². The number of non-ortho nitro benzene ring substituents is 1. The number of hydrogen-bond donors (Lipinski definition) is 2. The van der Waals surface area contributed by atoms with Gasteiger partial charge in [0, 0.05) is 42.3 Å². The van der Waals surface area contributed by atoms with Gasteiger partial charge in [0.25, 0.3) is 5.69 Å². The second kappa shape index (κ2) is 5.76. The second-order valence-corrected chi connectivity index (χ2v) is 4.89. The molecule has 0 bridgehead atoms. The van der Waals surface area contributed by atoms with E-state index in [2.05, 4.69) is 16.4 Å². The van der Waals surface area contributed by atoms with Crippen LogP contribution in [0.3, 0.4) is 0 Å². The highest BCUT2D eigenvalue weighted by atomic mass is 16.6. The molecular formula is C16H15N3O2. The van der Waals surface area contributed by atoms with E-state index in [1.165, 1.54) is 17.0 Å². The average molecular weight is 281 g/mol. The molecule has 0 aliphatic carbocycles. The summed E-state index contributed by atoms with van der Waals surface area (Å²) in [5.41, 5.74) is 3.34. The van der Waals surface area contributed by atoms with Gasteiger partial charge in [0.1, 0.15) is 0 Å². The summed E-state index contributed by atoms with van der Waals surface area (Å²) in [6.07, 6.45) is 1.99. The zero-order valence-corrected chi connectivity index (χ0v) is 11.4. The Hall–Kier alpha value is -2.66. The number of nitro groups is 1. The topological polar surface area (TPSA) is 71.0 Å². The molecule has 0 amide bonds. The van der Waals surface area contributed by atoms with Gasteiger partial charge in [-0.3, -0.25) is 10.1 Å². The van der Waals surface area contributed by atoms with Gasteiger partial charge in [-0.05, 0) is 17.2 Å². The maximum Gasteiger partial charge on any atom is 0.269 e. The Balaban J connectivity index is 1.66. The summed E-state index contributed by atoms with van der Waals surface area (Å²) in [6, 6.07) is 14.8. The zero-order valence-electron chi connectivity index (χ0n) is 11.4. The van der Waals surface area contributed by atoms with Crippen LogP contribution in [0.4, 0.5) is 5.69 Å². The Labute approximate surface area is 121 Å². The Kier molecular flexibility index (Phi) is 3.66. The number of benzene rings is 2. The number of nitro benzene ring substituents is 1. The predicted octanol–water partition coefficient (Wildman–Crippen LogP) is 3.37. The minimum absolute atomic E-state index is 0.126. The standard InChI is InChI=1S/C16H15N3O2/c20-19(21)14-5-3-4-12(8-14)9-17-10-13-11-18-16-7-2-1-6-15(13)16/h1-8,11,17-18H,9-10H2. The molecule has 5 nitrogen and oxygen atoms in total. The van der Waals surface area contributed by atoms with Crippen LogP contribution in [-0.4, -0.2) is 9.91 Å². The summed E-state index contributed by atoms with van der Waals surface area (Å²) in [6.45, 7) is 1.31. The first-order valence-corrected chi connectivity index (χ1v) is 6.73. The highest BCUT2D eigenvalue weighted by Gasteiger charge is 2.06. The minimum Gasteiger partial charge on any atom is -0.361 e. The fourth-order valence-corrected chi connectivity index (χ4v) is 2.40. The molecule has 1 heterocycles. The van der Waals surface area contributed by atoms with E-state index < -0.39 is 0 Å².